The van der Waals surface area contributed by atoms with E-state index in [1.807, 2.05) is 0 Å². The van der Waals surface area contributed by atoms with E-state index in [0.29, 0.717) is 5.69 Å². The molecule has 0 amide bonds. The summed E-state index contributed by atoms with van der Waals surface area (Å²) in [7, 11) is -3.67. The average molecular weight is 270 g/mol. The molecule has 6 nitrogen and oxygen atoms in total. The van der Waals surface area contributed by atoms with Crippen molar-refractivity contribution in [2.24, 2.45) is 5.84 Å². The molecule has 2 aromatic heterocycles. The van der Waals surface area contributed by atoms with Crippen molar-refractivity contribution in [1.82, 2.24) is 4.98 Å². The quantitative estimate of drug-likeness (QED) is 0.573. The van der Waals surface area contributed by atoms with Crippen molar-refractivity contribution in [3.05, 3.63) is 35.2 Å². The summed E-state index contributed by atoms with van der Waals surface area (Å²) in [6.45, 7) is 0. The standard InChI is InChI=1S/C9H10N4O2S2/c10-12-9-8(2-1-4-11-9)17(14,15)13-7-3-5-16-6-7/h1-6,13H,10H2,(H,11,12). The van der Waals surface area contributed by atoms with E-state index in [9.17, 15) is 8.42 Å². The van der Waals surface area contributed by atoms with Gasteiger partial charge in [-0.15, -0.1) is 0 Å². The molecule has 0 bridgehead atoms. The minimum absolute atomic E-state index is 0.00806. The Bertz CT molecular complexity index is 595. The summed E-state index contributed by atoms with van der Waals surface area (Å²) in [5, 5.41) is 3.48. The maximum absolute atomic E-state index is 12.0. The van der Waals surface area contributed by atoms with Crippen LogP contribution in [0.5, 0.6) is 0 Å². The maximum atomic E-state index is 12.0. The van der Waals surface area contributed by atoms with Gasteiger partial charge in [-0.3, -0.25) is 4.72 Å². The number of thiophene rings is 1. The average Bonchev–Trinajstić information content (AvgIpc) is 2.81. The van der Waals surface area contributed by atoms with Crippen molar-refractivity contribution in [2.45, 2.75) is 4.90 Å². The predicted molar refractivity (Wildman–Crippen MR) is 67.2 cm³/mol. The largest absolute Gasteiger partial charge is 0.307 e. The highest BCUT2D eigenvalue weighted by Crippen LogP contribution is 2.21. The summed E-state index contributed by atoms with van der Waals surface area (Å²) in [4.78, 5) is 3.85. The van der Waals surface area contributed by atoms with Gasteiger partial charge in [0.15, 0.2) is 5.82 Å². The summed E-state index contributed by atoms with van der Waals surface area (Å²) < 4.78 is 26.5. The van der Waals surface area contributed by atoms with Crippen LogP contribution in [0.3, 0.4) is 0 Å². The van der Waals surface area contributed by atoms with Crippen LogP contribution in [0.1, 0.15) is 0 Å². The zero-order valence-electron chi connectivity index (χ0n) is 8.62. The van der Waals surface area contributed by atoms with Crippen LogP contribution in [-0.2, 0) is 10.0 Å². The van der Waals surface area contributed by atoms with E-state index in [2.05, 4.69) is 15.1 Å². The minimum Gasteiger partial charge on any atom is -0.307 e. The number of hydrazine groups is 1. The molecule has 17 heavy (non-hydrogen) atoms. The highest BCUT2D eigenvalue weighted by atomic mass is 32.2. The van der Waals surface area contributed by atoms with Gasteiger partial charge in [-0.2, -0.15) is 11.3 Å². The summed E-state index contributed by atoms with van der Waals surface area (Å²) in [5.41, 5.74) is 2.77. The molecule has 0 spiro atoms. The minimum atomic E-state index is -3.67. The molecule has 90 valence electrons. The molecule has 0 saturated heterocycles. The molecule has 0 aliphatic heterocycles. The third-order valence-electron chi connectivity index (χ3n) is 1.97. The van der Waals surface area contributed by atoms with E-state index in [4.69, 9.17) is 5.84 Å². The lowest BCUT2D eigenvalue weighted by molar-refractivity contribution is 0.601. The number of hydrogen-bond donors (Lipinski definition) is 3. The molecule has 4 N–H and O–H groups in total. The van der Waals surface area contributed by atoms with Crippen LogP contribution in [0.15, 0.2) is 40.1 Å². The Kier molecular flexibility index (Phi) is 3.27. The molecule has 0 atom stereocenters. The molecule has 0 aliphatic rings. The van der Waals surface area contributed by atoms with E-state index in [-0.39, 0.29) is 10.7 Å². The van der Waals surface area contributed by atoms with E-state index >= 15 is 0 Å². The second kappa shape index (κ2) is 4.70. The van der Waals surface area contributed by atoms with Crippen molar-refractivity contribution < 1.29 is 8.42 Å². The van der Waals surface area contributed by atoms with E-state index in [1.165, 1.54) is 29.7 Å². The lowest BCUT2D eigenvalue weighted by atomic mass is 10.5. The van der Waals surface area contributed by atoms with E-state index in [0.717, 1.165) is 0 Å². The van der Waals surface area contributed by atoms with Crippen LogP contribution in [0.2, 0.25) is 0 Å². The summed E-state index contributed by atoms with van der Waals surface area (Å²) in [6, 6.07) is 4.63. The number of nitrogens with zero attached hydrogens (tertiary/aromatic N) is 1. The van der Waals surface area contributed by atoms with Crippen molar-refractivity contribution in [2.75, 3.05) is 10.1 Å². The summed E-state index contributed by atoms with van der Waals surface area (Å²) in [6.07, 6.45) is 1.46. The Balaban J connectivity index is 2.38. The van der Waals surface area contributed by atoms with E-state index < -0.39 is 10.0 Å². The van der Waals surface area contributed by atoms with Crippen molar-refractivity contribution in [3.63, 3.8) is 0 Å². The number of nitrogen functional groups attached to an aromatic ring is 1. The molecule has 0 aromatic carbocycles. The molecule has 0 unspecified atom stereocenters. The third kappa shape index (κ3) is 2.54. The second-order valence-corrected chi connectivity index (χ2v) is 5.54. The zero-order chi connectivity index (χ0) is 12.3. The first-order valence-corrected chi connectivity index (χ1v) is 7.03. The fraction of sp³-hybridized carbons (Fsp3) is 0. The lowest BCUT2D eigenvalue weighted by Gasteiger charge is -2.09. The first-order valence-electron chi connectivity index (χ1n) is 4.60. The monoisotopic (exact) mass is 270 g/mol. The smallest absolute Gasteiger partial charge is 0.265 e. The highest BCUT2D eigenvalue weighted by molar-refractivity contribution is 7.92. The molecule has 0 fully saturated rings. The van der Waals surface area contributed by atoms with Gasteiger partial charge in [-0.1, -0.05) is 0 Å². The number of rotatable bonds is 4. The Labute approximate surface area is 103 Å². The molecular weight excluding hydrogens is 260 g/mol. The van der Waals surface area contributed by atoms with E-state index in [1.54, 1.807) is 16.8 Å². The van der Waals surface area contributed by atoms with Crippen LogP contribution >= 0.6 is 11.3 Å². The molecule has 0 aliphatic carbocycles. The predicted octanol–water partition coefficient (Wildman–Crippen LogP) is 1.23. The van der Waals surface area contributed by atoms with Crippen LogP contribution in [-0.4, -0.2) is 13.4 Å². The Hall–Kier alpha value is -1.64. The maximum Gasteiger partial charge on any atom is 0.265 e. The molecular formula is C9H10N4O2S2. The molecule has 0 radical (unpaired) electrons. The van der Waals surface area contributed by atoms with Crippen LogP contribution in [0.25, 0.3) is 0 Å². The topological polar surface area (TPSA) is 97.1 Å². The molecule has 8 heteroatoms. The Morgan fingerprint density at radius 3 is 2.82 bits per heavy atom. The van der Waals surface area contributed by atoms with Gasteiger partial charge in [0.25, 0.3) is 10.0 Å². The van der Waals surface area contributed by atoms with Crippen LogP contribution < -0.4 is 16.0 Å². The number of hydrogen-bond acceptors (Lipinski definition) is 6. The Morgan fingerprint density at radius 2 is 2.18 bits per heavy atom. The summed E-state index contributed by atoms with van der Waals surface area (Å²) >= 11 is 1.40. The third-order valence-corrected chi connectivity index (χ3v) is 4.07. The van der Waals surface area contributed by atoms with Gasteiger partial charge >= 0.3 is 0 Å². The van der Waals surface area contributed by atoms with Gasteiger partial charge in [0.2, 0.25) is 0 Å². The number of nitrogens with two attached hydrogens (primary N) is 1. The Morgan fingerprint density at radius 1 is 1.35 bits per heavy atom. The molecule has 2 heterocycles. The molecule has 0 saturated carbocycles. The first kappa shape index (κ1) is 11.8. The molecule has 2 aromatic rings. The van der Waals surface area contributed by atoms with Gasteiger partial charge in [-0.25, -0.2) is 19.2 Å². The lowest BCUT2D eigenvalue weighted by Crippen LogP contribution is -2.18. The van der Waals surface area contributed by atoms with Gasteiger partial charge in [0, 0.05) is 11.6 Å². The number of sulfonamides is 1. The first-order chi connectivity index (χ1) is 8.13. The van der Waals surface area contributed by atoms with Gasteiger partial charge < -0.3 is 5.43 Å². The fourth-order valence-electron chi connectivity index (χ4n) is 1.25. The van der Waals surface area contributed by atoms with Crippen molar-refractivity contribution in [3.8, 4) is 0 Å². The SMILES string of the molecule is NNc1ncccc1S(=O)(=O)Nc1ccsc1. The number of pyridine rings is 1. The van der Waals surface area contributed by atoms with Gasteiger partial charge in [0.1, 0.15) is 4.90 Å². The zero-order valence-corrected chi connectivity index (χ0v) is 10.3. The number of aromatic nitrogens is 1. The number of nitrogens with one attached hydrogen (secondary N) is 2. The van der Waals surface area contributed by atoms with Crippen LogP contribution in [0.4, 0.5) is 11.5 Å². The number of anilines is 2. The van der Waals surface area contributed by atoms with Gasteiger partial charge in [-0.05, 0) is 23.6 Å². The second-order valence-electron chi connectivity index (χ2n) is 3.11. The van der Waals surface area contributed by atoms with Crippen molar-refractivity contribution in [1.29, 1.82) is 0 Å². The highest BCUT2D eigenvalue weighted by Gasteiger charge is 2.19. The molecule has 2 rings (SSSR count). The van der Waals surface area contributed by atoms with Gasteiger partial charge in [0.05, 0.1) is 5.69 Å². The normalized spacial score (nSPS) is 11.1. The van der Waals surface area contributed by atoms with Crippen molar-refractivity contribution >= 4 is 32.9 Å². The summed E-state index contributed by atoms with van der Waals surface area (Å²) in [5.74, 6) is 5.32. The fourth-order valence-corrected chi connectivity index (χ4v) is 3.08. The van der Waals surface area contributed by atoms with Crippen LogP contribution in [0, 0.1) is 0 Å².